The number of ether oxygens (including phenoxy) is 2. The first-order valence-electron chi connectivity index (χ1n) is 7.28. The van der Waals surface area contributed by atoms with Crippen LogP contribution in [-0.2, 0) is 11.2 Å². The number of methoxy groups -OCH3 is 2. The Morgan fingerprint density at radius 3 is 2.52 bits per heavy atom. The van der Waals surface area contributed by atoms with Gasteiger partial charge in [0.25, 0.3) is 0 Å². The van der Waals surface area contributed by atoms with E-state index in [2.05, 4.69) is 0 Å². The lowest BCUT2D eigenvalue weighted by Crippen LogP contribution is -2.14. The second-order valence-electron chi connectivity index (χ2n) is 5.29. The number of rotatable bonds is 7. The largest absolute Gasteiger partial charge is 0.500 e. The monoisotopic (exact) mass is 347 g/mol. The molecule has 0 amide bonds. The van der Waals surface area contributed by atoms with E-state index in [-0.39, 0.29) is 12.2 Å². The summed E-state index contributed by atoms with van der Waals surface area (Å²) in [5.74, 6) is -2.19. The Hall–Kier alpha value is -3.29. The van der Waals surface area contributed by atoms with Crippen molar-refractivity contribution in [2.45, 2.75) is 12.3 Å². The lowest BCUT2D eigenvalue weighted by molar-refractivity contribution is -0.386. The zero-order chi connectivity index (χ0) is 18.6. The van der Waals surface area contributed by atoms with Gasteiger partial charge in [0.1, 0.15) is 5.75 Å². The van der Waals surface area contributed by atoms with Gasteiger partial charge in [0.2, 0.25) is 5.75 Å². The minimum absolute atomic E-state index is 0.0139. The predicted octanol–water partition coefficient (Wildman–Crippen LogP) is 2.73. The van der Waals surface area contributed by atoms with Gasteiger partial charge in [-0.25, -0.2) is 0 Å². The summed E-state index contributed by atoms with van der Waals surface area (Å²) in [6.45, 7) is 0. The number of aromatic hydroxyl groups is 1. The minimum Gasteiger partial charge on any atom is -0.500 e. The van der Waals surface area contributed by atoms with Crippen LogP contribution in [0.25, 0.3) is 0 Å². The summed E-state index contributed by atoms with van der Waals surface area (Å²) < 4.78 is 10.0. The summed E-state index contributed by atoms with van der Waals surface area (Å²) in [6.07, 6.45) is -0.0139. The summed E-state index contributed by atoms with van der Waals surface area (Å²) in [5, 5.41) is 30.4. The van der Waals surface area contributed by atoms with Gasteiger partial charge in [0.05, 0.1) is 25.1 Å². The molecule has 0 bridgehead atoms. The molecule has 0 aliphatic heterocycles. The van der Waals surface area contributed by atoms with E-state index >= 15 is 0 Å². The van der Waals surface area contributed by atoms with Crippen molar-refractivity contribution in [3.8, 4) is 17.2 Å². The molecule has 0 aromatic heterocycles. The van der Waals surface area contributed by atoms with E-state index < -0.39 is 28.2 Å². The molecule has 1 unspecified atom stereocenters. The van der Waals surface area contributed by atoms with E-state index in [1.165, 1.54) is 20.3 Å². The molecule has 2 aromatic carbocycles. The molecule has 132 valence electrons. The fourth-order valence-electron chi connectivity index (χ4n) is 2.50. The van der Waals surface area contributed by atoms with Gasteiger partial charge >= 0.3 is 11.7 Å². The Kier molecular flexibility index (Phi) is 5.43. The molecule has 8 nitrogen and oxygen atoms in total. The zero-order valence-corrected chi connectivity index (χ0v) is 13.6. The Bertz CT molecular complexity index is 804. The van der Waals surface area contributed by atoms with Gasteiger partial charge < -0.3 is 19.7 Å². The van der Waals surface area contributed by atoms with E-state index in [1.54, 1.807) is 24.3 Å². The van der Waals surface area contributed by atoms with Crippen molar-refractivity contribution in [1.82, 2.24) is 0 Å². The van der Waals surface area contributed by atoms with Crippen LogP contribution in [-0.4, -0.2) is 35.3 Å². The van der Waals surface area contributed by atoms with Crippen molar-refractivity contribution in [3.05, 3.63) is 57.6 Å². The van der Waals surface area contributed by atoms with E-state index in [0.717, 1.165) is 6.07 Å². The van der Waals surface area contributed by atoms with Crippen molar-refractivity contribution >= 4 is 11.7 Å². The van der Waals surface area contributed by atoms with Gasteiger partial charge in [-0.2, -0.15) is 0 Å². The number of hydrogen-bond acceptors (Lipinski definition) is 6. The number of nitro benzene ring substituents is 1. The molecule has 0 radical (unpaired) electrons. The molecule has 0 aliphatic carbocycles. The fraction of sp³-hybridized carbons (Fsp3) is 0.235. The van der Waals surface area contributed by atoms with Crippen LogP contribution in [0, 0.1) is 10.1 Å². The number of hydrogen-bond donors (Lipinski definition) is 2. The third kappa shape index (κ3) is 3.97. The number of carboxylic acids is 1. The first-order chi connectivity index (χ1) is 11.9. The predicted molar refractivity (Wildman–Crippen MR) is 88.4 cm³/mol. The summed E-state index contributed by atoms with van der Waals surface area (Å²) in [4.78, 5) is 22.0. The van der Waals surface area contributed by atoms with Crippen LogP contribution in [0.1, 0.15) is 17.0 Å². The quantitative estimate of drug-likeness (QED) is 0.584. The molecular formula is C17H17NO7. The number of carbonyl (C=O) groups is 1. The number of aliphatic carboxylic acids is 1. The van der Waals surface area contributed by atoms with Crippen molar-refractivity contribution < 1.29 is 29.4 Å². The average molecular weight is 347 g/mol. The van der Waals surface area contributed by atoms with Crippen molar-refractivity contribution in [3.63, 3.8) is 0 Å². The summed E-state index contributed by atoms with van der Waals surface area (Å²) in [7, 11) is 2.74. The molecule has 2 N–H and O–H groups in total. The van der Waals surface area contributed by atoms with Crippen LogP contribution in [0.15, 0.2) is 36.4 Å². The smallest absolute Gasteiger partial charge is 0.314 e. The highest BCUT2D eigenvalue weighted by Gasteiger charge is 2.25. The summed E-state index contributed by atoms with van der Waals surface area (Å²) >= 11 is 0. The Morgan fingerprint density at radius 2 is 1.96 bits per heavy atom. The molecule has 0 heterocycles. The van der Waals surface area contributed by atoms with Crippen LogP contribution < -0.4 is 9.47 Å². The maximum Gasteiger partial charge on any atom is 0.314 e. The molecule has 0 spiro atoms. The van der Waals surface area contributed by atoms with Crippen LogP contribution in [0.3, 0.4) is 0 Å². The van der Waals surface area contributed by atoms with Crippen LogP contribution in [0.5, 0.6) is 17.2 Å². The molecular weight excluding hydrogens is 330 g/mol. The van der Waals surface area contributed by atoms with Crippen LogP contribution in [0.2, 0.25) is 0 Å². The Labute approximate surface area is 143 Å². The molecule has 8 heteroatoms. The first kappa shape index (κ1) is 18.1. The second-order valence-corrected chi connectivity index (χ2v) is 5.29. The summed E-state index contributed by atoms with van der Waals surface area (Å²) in [6, 6.07) is 9.14. The van der Waals surface area contributed by atoms with E-state index in [4.69, 9.17) is 9.47 Å². The molecule has 0 saturated heterocycles. The highest BCUT2D eigenvalue weighted by molar-refractivity contribution is 5.77. The lowest BCUT2D eigenvalue weighted by atomic mass is 9.91. The average Bonchev–Trinajstić information content (AvgIpc) is 2.60. The van der Waals surface area contributed by atoms with Crippen molar-refractivity contribution in [2.24, 2.45) is 0 Å². The fourth-order valence-corrected chi connectivity index (χ4v) is 2.50. The highest BCUT2D eigenvalue weighted by atomic mass is 16.6. The number of nitro groups is 1. The van der Waals surface area contributed by atoms with Crippen LogP contribution >= 0.6 is 0 Å². The standard InChI is InChI=1S/C17H17NO7/c1-24-12-5-3-4-11(9-12)13(17(20)21)6-10-7-14(18(22)23)16(19)15(8-10)25-2/h3-5,7-9,13,19H,6H2,1-2H3,(H,20,21). The topological polar surface area (TPSA) is 119 Å². The molecule has 2 rings (SSSR count). The third-order valence-corrected chi connectivity index (χ3v) is 3.77. The zero-order valence-electron chi connectivity index (χ0n) is 13.6. The molecule has 0 fully saturated rings. The Morgan fingerprint density at radius 1 is 1.24 bits per heavy atom. The van der Waals surface area contributed by atoms with E-state index in [9.17, 15) is 25.1 Å². The van der Waals surface area contributed by atoms with E-state index in [1.807, 2.05) is 0 Å². The highest BCUT2D eigenvalue weighted by Crippen LogP contribution is 2.38. The van der Waals surface area contributed by atoms with E-state index in [0.29, 0.717) is 16.9 Å². The van der Waals surface area contributed by atoms with Gasteiger partial charge in [-0.05, 0) is 35.7 Å². The third-order valence-electron chi connectivity index (χ3n) is 3.77. The van der Waals surface area contributed by atoms with Gasteiger partial charge in [-0.1, -0.05) is 12.1 Å². The van der Waals surface area contributed by atoms with Gasteiger partial charge in [0, 0.05) is 6.07 Å². The van der Waals surface area contributed by atoms with Crippen LogP contribution in [0.4, 0.5) is 5.69 Å². The van der Waals surface area contributed by atoms with Gasteiger partial charge in [-0.15, -0.1) is 0 Å². The number of benzene rings is 2. The molecule has 2 aromatic rings. The number of phenols is 1. The molecule has 0 aliphatic rings. The SMILES string of the molecule is COc1cccc(C(Cc2cc(OC)c(O)c([N+](=O)[O-])c2)C(=O)O)c1. The summed E-state index contributed by atoms with van der Waals surface area (Å²) in [5.41, 5.74) is 0.322. The molecule has 1 atom stereocenters. The van der Waals surface area contributed by atoms with Gasteiger partial charge in [-0.3, -0.25) is 14.9 Å². The van der Waals surface area contributed by atoms with Crippen molar-refractivity contribution in [2.75, 3.05) is 14.2 Å². The minimum atomic E-state index is -1.08. The molecule has 0 saturated carbocycles. The maximum atomic E-state index is 11.7. The number of nitrogens with zero attached hydrogens (tertiary/aromatic N) is 1. The van der Waals surface area contributed by atoms with Crippen molar-refractivity contribution in [1.29, 1.82) is 0 Å². The lowest BCUT2D eigenvalue weighted by Gasteiger charge is -2.15. The second kappa shape index (κ2) is 7.52. The number of carboxylic acid groups (broad SMARTS) is 1. The number of phenolic OH excluding ortho intramolecular Hbond substituents is 1. The van der Waals surface area contributed by atoms with Gasteiger partial charge in [0.15, 0.2) is 5.75 Å². The maximum absolute atomic E-state index is 11.7. The molecule has 25 heavy (non-hydrogen) atoms. The normalized spacial score (nSPS) is 11.6. The Balaban J connectivity index is 2.44. The first-order valence-corrected chi connectivity index (χ1v) is 7.28.